The third-order valence-electron chi connectivity index (χ3n) is 4.36. The zero-order chi connectivity index (χ0) is 13.3. The van der Waals surface area contributed by atoms with E-state index in [0.29, 0.717) is 0 Å². The number of benzene rings is 1. The Morgan fingerprint density at radius 1 is 0.895 bits per heavy atom. The molecule has 0 N–H and O–H groups in total. The zero-order valence-corrected chi connectivity index (χ0v) is 13.2. The summed E-state index contributed by atoms with van der Waals surface area (Å²) in [5, 5.41) is -1.62. The van der Waals surface area contributed by atoms with Crippen LogP contribution in [0.25, 0.3) is 0 Å². The van der Waals surface area contributed by atoms with Crippen molar-refractivity contribution in [1.29, 1.82) is 0 Å². The molecule has 3 fully saturated rings. The minimum atomic E-state index is -4.92. The Labute approximate surface area is 148 Å². The van der Waals surface area contributed by atoms with Gasteiger partial charge in [-0.3, -0.25) is 0 Å². The van der Waals surface area contributed by atoms with Gasteiger partial charge in [0.1, 0.15) is 0 Å². The van der Waals surface area contributed by atoms with Crippen molar-refractivity contribution >= 4 is 6.98 Å². The minimum absolute atomic E-state index is 0. The van der Waals surface area contributed by atoms with E-state index in [9.17, 15) is 26.1 Å². The fourth-order valence-electron chi connectivity index (χ4n) is 3.38. The molecule has 0 aromatic heterocycles. The van der Waals surface area contributed by atoms with Crippen molar-refractivity contribution in [2.75, 3.05) is 0 Å². The molecular weight excluding hydrogens is 296 g/mol. The van der Waals surface area contributed by atoms with Gasteiger partial charge >= 0.3 is 58.4 Å². The average molecular weight is 304 g/mol. The van der Waals surface area contributed by atoms with Crippen LogP contribution < -0.4 is 51.4 Å². The van der Waals surface area contributed by atoms with Gasteiger partial charge in [-0.2, -0.15) is 0 Å². The second kappa shape index (κ2) is 4.50. The predicted molar refractivity (Wildman–Crippen MR) is 53.6 cm³/mol. The molecule has 2 bridgehead atoms. The average Bonchev–Trinajstić information content (AvgIpc) is 2.06. The summed E-state index contributed by atoms with van der Waals surface area (Å²) < 4.78 is 76.9. The fourth-order valence-corrected chi connectivity index (χ4v) is 3.38. The normalized spacial score (nSPS) is 32.1. The standard InChI is InChI=1S/C11H8BF6.K/c13-7-1-6(2-8(14)9(7)15)10-3-11(4-10,5-10)12(16,17)18;/h1-2H,3-5H2;/q-1;+1. The van der Waals surface area contributed by atoms with Crippen LogP contribution >= 0.6 is 0 Å². The number of hydrogen-bond acceptors (Lipinski definition) is 0. The summed E-state index contributed by atoms with van der Waals surface area (Å²) in [6.07, 6.45) is -0.393. The molecule has 8 heteroatoms. The molecule has 0 amide bonds. The summed E-state index contributed by atoms with van der Waals surface area (Å²) >= 11 is 0. The predicted octanol–water partition coefficient (Wildman–Crippen LogP) is 1.13. The van der Waals surface area contributed by atoms with Crippen molar-refractivity contribution in [3.8, 4) is 0 Å². The van der Waals surface area contributed by atoms with Crippen LogP contribution in [0.5, 0.6) is 0 Å². The molecule has 19 heavy (non-hydrogen) atoms. The van der Waals surface area contributed by atoms with Crippen molar-refractivity contribution < 1.29 is 77.5 Å². The smallest absolute Gasteiger partial charge is 0.449 e. The van der Waals surface area contributed by atoms with E-state index in [1.807, 2.05) is 0 Å². The van der Waals surface area contributed by atoms with Crippen LogP contribution in [-0.4, -0.2) is 6.98 Å². The fraction of sp³-hybridized carbons (Fsp3) is 0.455. The molecule has 0 spiro atoms. The molecule has 0 nitrogen and oxygen atoms in total. The second-order valence-electron chi connectivity index (χ2n) is 5.50. The van der Waals surface area contributed by atoms with Crippen LogP contribution in [0.3, 0.4) is 0 Å². The van der Waals surface area contributed by atoms with Crippen LogP contribution in [0.1, 0.15) is 24.8 Å². The molecule has 98 valence electrons. The minimum Gasteiger partial charge on any atom is -0.449 e. The van der Waals surface area contributed by atoms with Crippen LogP contribution in [0.15, 0.2) is 12.1 Å². The third-order valence-corrected chi connectivity index (χ3v) is 4.36. The molecular formula is C11H8BF6K. The van der Waals surface area contributed by atoms with Crippen molar-refractivity contribution in [3.05, 3.63) is 35.1 Å². The molecule has 3 saturated carbocycles. The molecule has 3 aliphatic rings. The van der Waals surface area contributed by atoms with Crippen LogP contribution in [0, 0.1) is 17.5 Å². The monoisotopic (exact) mass is 304 g/mol. The molecule has 1 aromatic rings. The first-order valence-corrected chi connectivity index (χ1v) is 5.54. The quantitative estimate of drug-likeness (QED) is 0.436. The van der Waals surface area contributed by atoms with Crippen LogP contribution in [0.2, 0.25) is 5.31 Å². The number of rotatable bonds is 2. The summed E-state index contributed by atoms with van der Waals surface area (Å²) in [6.45, 7) is -4.92. The van der Waals surface area contributed by atoms with Crippen molar-refractivity contribution in [1.82, 2.24) is 0 Å². The summed E-state index contributed by atoms with van der Waals surface area (Å²) in [7, 11) is 0. The Balaban J connectivity index is 0.00000133. The topological polar surface area (TPSA) is 0 Å². The van der Waals surface area contributed by atoms with Gasteiger partial charge in [0.05, 0.1) is 0 Å². The molecule has 0 aliphatic heterocycles. The van der Waals surface area contributed by atoms with E-state index in [1.165, 1.54) is 0 Å². The van der Waals surface area contributed by atoms with Crippen LogP contribution in [0.4, 0.5) is 26.1 Å². The third kappa shape index (κ3) is 2.06. The van der Waals surface area contributed by atoms with E-state index in [1.54, 1.807) is 0 Å². The van der Waals surface area contributed by atoms with E-state index in [2.05, 4.69) is 0 Å². The van der Waals surface area contributed by atoms with Gasteiger partial charge in [0.15, 0.2) is 17.5 Å². The summed E-state index contributed by atoms with van der Waals surface area (Å²) in [6, 6.07) is 1.62. The maximum absolute atomic E-state index is 13.0. The van der Waals surface area contributed by atoms with Crippen molar-refractivity contribution in [3.63, 3.8) is 0 Å². The zero-order valence-electron chi connectivity index (χ0n) is 10.1. The molecule has 0 radical (unpaired) electrons. The van der Waals surface area contributed by atoms with E-state index in [0.717, 1.165) is 12.1 Å². The Hall–Kier alpha value is 0.501. The first-order valence-electron chi connectivity index (χ1n) is 5.54. The van der Waals surface area contributed by atoms with E-state index < -0.39 is 35.2 Å². The Bertz CT molecular complexity index is 498. The van der Waals surface area contributed by atoms with Crippen LogP contribution in [-0.2, 0) is 5.41 Å². The Kier molecular flexibility index (Phi) is 3.76. The van der Waals surface area contributed by atoms with Gasteiger partial charge in [-0.05, 0) is 23.1 Å². The van der Waals surface area contributed by atoms with Crippen molar-refractivity contribution in [2.45, 2.75) is 30.0 Å². The van der Waals surface area contributed by atoms with Gasteiger partial charge in [0, 0.05) is 0 Å². The summed E-state index contributed by atoms with van der Waals surface area (Å²) in [5.41, 5.74) is -0.659. The maximum Gasteiger partial charge on any atom is 1.00 e. The van der Waals surface area contributed by atoms with E-state index >= 15 is 0 Å². The largest absolute Gasteiger partial charge is 1.00 e. The first kappa shape index (κ1) is 15.9. The molecule has 0 saturated heterocycles. The van der Waals surface area contributed by atoms with Gasteiger partial charge in [-0.25, -0.2) is 13.2 Å². The molecule has 4 rings (SSSR count). The molecule has 0 unspecified atom stereocenters. The van der Waals surface area contributed by atoms with Gasteiger partial charge in [0.2, 0.25) is 0 Å². The van der Waals surface area contributed by atoms with Gasteiger partial charge < -0.3 is 12.9 Å². The van der Waals surface area contributed by atoms with E-state index in [4.69, 9.17) is 0 Å². The molecule has 0 heterocycles. The molecule has 1 aromatic carbocycles. The second-order valence-corrected chi connectivity index (χ2v) is 5.50. The Morgan fingerprint density at radius 2 is 1.32 bits per heavy atom. The SMILES string of the molecule is Fc1cc(C23CC([B-](F)(F)F)(C2)C3)cc(F)c1F.[K+]. The molecule has 0 atom stereocenters. The van der Waals surface area contributed by atoms with E-state index in [-0.39, 0.29) is 76.2 Å². The van der Waals surface area contributed by atoms with Gasteiger partial charge in [0.25, 0.3) is 0 Å². The number of hydrogen-bond donors (Lipinski definition) is 0. The van der Waals surface area contributed by atoms with Gasteiger partial charge in [-0.15, -0.1) is 0 Å². The Morgan fingerprint density at radius 3 is 1.68 bits per heavy atom. The van der Waals surface area contributed by atoms with Gasteiger partial charge in [-0.1, -0.05) is 24.6 Å². The van der Waals surface area contributed by atoms with Crippen molar-refractivity contribution in [2.24, 2.45) is 0 Å². The number of halogens is 6. The summed E-state index contributed by atoms with van der Waals surface area (Å²) in [5.74, 6) is -4.28. The summed E-state index contributed by atoms with van der Waals surface area (Å²) in [4.78, 5) is 0. The first-order chi connectivity index (χ1) is 8.19. The maximum atomic E-state index is 13.0. The molecule has 3 aliphatic carbocycles.